The van der Waals surface area contributed by atoms with Crippen LogP contribution in [0.3, 0.4) is 0 Å². The van der Waals surface area contributed by atoms with E-state index in [4.69, 9.17) is 10.5 Å². The Kier molecular flexibility index (Phi) is 7.16. The number of hydrogen-bond donors (Lipinski definition) is 2. The number of amides is 1. The van der Waals surface area contributed by atoms with Gasteiger partial charge in [-0.2, -0.15) is 0 Å². The van der Waals surface area contributed by atoms with Crippen LogP contribution in [0.25, 0.3) is 0 Å². The van der Waals surface area contributed by atoms with Crippen molar-refractivity contribution in [3.8, 4) is 0 Å². The molecule has 1 saturated heterocycles. The molecule has 0 aromatic carbocycles. The molecule has 1 unspecified atom stereocenters. The number of carbonyl (C=O) groups is 1. The summed E-state index contributed by atoms with van der Waals surface area (Å²) in [6.07, 6.45) is 1.79. The molecule has 0 saturated carbocycles. The summed E-state index contributed by atoms with van der Waals surface area (Å²) in [5.74, 6) is 0.218. The average molecular weight is 243 g/mol. The first-order valence-corrected chi connectivity index (χ1v) is 6.52. The standard InChI is InChI=1S/C12H25N3O2/c1-11(3-2-4-13)12(16)14-5-6-15-7-9-17-10-8-15/h11H,2-10,13H2,1H3,(H,14,16). The van der Waals surface area contributed by atoms with Crippen LogP contribution in [0, 0.1) is 5.92 Å². The second kappa shape index (κ2) is 8.44. The van der Waals surface area contributed by atoms with Gasteiger partial charge in [0.25, 0.3) is 0 Å². The molecule has 5 nitrogen and oxygen atoms in total. The van der Waals surface area contributed by atoms with Gasteiger partial charge >= 0.3 is 0 Å². The van der Waals surface area contributed by atoms with Gasteiger partial charge in [0, 0.05) is 32.1 Å². The Hall–Kier alpha value is -0.650. The zero-order valence-corrected chi connectivity index (χ0v) is 10.8. The fourth-order valence-electron chi connectivity index (χ4n) is 1.89. The van der Waals surface area contributed by atoms with Gasteiger partial charge < -0.3 is 15.8 Å². The number of rotatable bonds is 7. The quantitative estimate of drug-likeness (QED) is 0.650. The molecular formula is C12H25N3O2. The van der Waals surface area contributed by atoms with Crippen LogP contribution in [0.1, 0.15) is 19.8 Å². The molecule has 1 aliphatic heterocycles. The van der Waals surface area contributed by atoms with Crippen molar-refractivity contribution in [3.05, 3.63) is 0 Å². The topological polar surface area (TPSA) is 67.6 Å². The second-order valence-corrected chi connectivity index (χ2v) is 4.58. The molecule has 0 radical (unpaired) electrons. The van der Waals surface area contributed by atoms with Crippen LogP contribution in [0.4, 0.5) is 0 Å². The van der Waals surface area contributed by atoms with Crippen LogP contribution in [0.2, 0.25) is 0 Å². The average Bonchev–Trinajstić information content (AvgIpc) is 2.37. The third kappa shape index (κ3) is 6.00. The summed E-state index contributed by atoms with van der Waals surface area (Å²) in [5.41, 5.74) is 5.42. The molecule has 3 N–H and O–H groups in total. The van der Waals surface area contributed by atoms with E-state index in [1.807, 2.05) is 6.92 Å². The molecule has 1 heterocycles. The van der Waals surface area contributed by atoms with Gasteiger partial charge in [-0.15, -0.1) is 0 Å². The number of nitrogens with two attached hydrogens (primary N) is 1. The normalized spacial score (nSPS) is 18.9. The Morgan fingerprint density at radius 2 is 2.18 bits per heavy atom. The van der Waals surface area contributed by atoms with Crippen LogP contribution < -0.4 is 11.1 Å². The van der Waals surface area contributed by atoms with Crippen molar-refractivity contribution < 1.29 is 9.53 Å². The van der Waals surface area contributed by atoms with Gasteiger partial charge in [-0.05, 0) is 19.4 Å². The molecule has 0 aromatic heterocycles. The third-order valence-electron chi connectivity index (χ3n) is 3.12. The molecule has 1 amide bonds. The number of morpholine rings is 1. The van der Waals surface area contributed by atoms with Crippen molar-refractivity contribution in [2.75, 3.05) is 45.9 Å². The second-order valence-electron chi connectivity index (χ2n) is 4.58. The summed E-state index contributed by atoms with van der Waals surface area (Å²) in [7, 11) is 0. The van der Waals surface area contributed by atoms with Crippen molar-refractivity contribution in [3.63, 3.8) is 0 Å². The minimum atomic E-state index is 0.0724. The van der Waals surface area contributed by atoms with Gasteiger partial charge in [0.2, 0.25) is 5.91 Å². The van der Waals surface area contributed by atoms with Gasteiger partial charge in [0.15, 0.2) is 0 Å². The molecule has 0 aromatic rings. The monoisotopic (exact) mass is 243 g/mol. The molecule has 0 spiro atoms. The van der Waals surface area contributed by atoms with Crippen molar-refractivity contribution in [2.24, 2.45) is 11.7 Å². The Bertz CT molecular complexity index is 218. The lowest BCUT2D eigenvalue weighted by Gasteiger charge is -2.26. The summed E-state index contributed by atoms with van der Waals surface area (Å²) in [6, 6.07) is 0. The summed E-state index contributed by atoms with van der Waals surface area (Å²) in [4.78, 5) is 14.0. The molecule has 1 atom stereocenters. The SMILES string of the molecule is CC(CCCN)C(=O)NCCN1CCOCC1. The lowest BCUT2D eigenvalue weighted by Crippen LogP contribution is -2.42. The smallest absolute Gasteiger partial charge is 0.222 e. The fraction of sp³-hybridized carbons (Fsp3) is 0.917. The highest BCUT2D eigenvalue weighted by Gasteiger charge is 2.13. The van der Waals surface area contributed by atoms with Gasteiger partial charge in [-0.1, -0.05) is 6.92 Å². The third-order valence-corrected chi connectivity index (χ3v) is 3.12. The first kappa shape index (κ1) is 14.4. The van der Waals surface area contributed by atoms with Crippen LogP contribution in [0.5, 0.6) is 0 Å². The zero-order chi connectivity index (χ0) is 12.5. The number of nitrogens with zero attached hydrogens (tertiary/aromatic N) is 1. The molecule has 1 rings (SSSR count). The van der Waals surface area contributed by atoms with E-state index in [2.05, 4.69) is 10.2 Å². The van der Waals surface area contributed by atoms with E-state index in [1.165, 1.54) is 0 Å². The van der Waals surface area contributed by atoms with Gasteiger partial charge in [-0.25, -0.2) is 0 Å². The summed E-state index contributed by atoms with van der Waals surface area (Å²) >= 11 is 0. The number of carbonyl (C=O) groups excluding carboxylic acids is 1. The fourth-order valence-corrected chi connectivity index (χ4v) is 1.89. The summed E-state index contributed by atoms with van der Waals surface area (Å²) in [5, 5.41) is 2.98. The van der Waals surface area contributed by atoms with Gasteiger partial charge in [-0.3, -0.25) is 9.69 Å². The van der Waals surface area contributed by atoms with E-state index < -0.39 is 0 Å². The highest BCUT2D eigenvalue weighted by molar-refractivity contribution is 5.78. The summed E-state index contributed by atoms with van der Waals surface area (Å²) in [6.45, 7) is 7.81. The first-order chi connectivity index (χ1) is 8.24. The maximum atomic E-state index is 11.7. The molecule has 5 heteroatoms. The van der Waals surface area contributed by atoms with E-state index in [0.717, 1.165) is 52.2 Å². The summed E-state index contributed by atoms with van der Waals surface area (Å²) < 4.78 is 5.27. The van der Waals surface area contributed by atoms with Crippen LogP contribution in [-0.4, -0.2) is 56.7 Å². The van der Waals surface area contributed by atoms with Crippen LogP contribution in [0.15, 0.2) is 0 Å². The molecule has 100 valence electrons. The number of hydrogen-bond acceptors (Lipinski definition) is 4. The van der Waals surface area contributed by atoms with E-state index in [-0.39, 0.29) is 11.8 Å². The predicted molar refractivity (Wildman–Crippen MR) is 67.7 cm³/mol. The molecule has 1 fully saturated rings. The van der Waals surface area contributed by atoms with Crippen LogP contribution >= 0.6 is 0 Å². The largest absolute Gasteiger partial charge is 0.379 e. The van der Waals surface area contributed by atoms with E-state index in [1.54, 1.807) is 0 Å². The highest BCUT2D eigenvalue weighted by atomic mass is 16.5. The lowest BCUT2D eigenvalue weighted by molar-refractivity contribution is -0.124. The van der Waals surface area contributed by atoms with E-state index in [0.29, 0.717) is 6.54 Å². The van der Waals surface area contributed by atoms with Crippen molar-refractivity contribution in [1.82, 2.24) is 10.2 Å². The number of ether oxygens (including phenoxy) is 1. The minimum Gasteiger partial charge on any atom is -0.379 e. The minimum absolute atomic E-state index is 0.0724. The van der Waals surface area contributed by atoms with Crippen LogP contribution in [-0.2, 0) is 9.53 Å². The Morgan fingerprint density at radius 3 is 2.82 bits per heavy atom. The maximum absolute atomic E-state index is 11.7. The van der Waals surface area contributed by atoms with E-state index in [9.17, 15) is 4.79 Å². The molecular weight excluding hydrogens is 218 g/mol. The first-order valence-electron chi connectivity index (χ1n) is 6.52. The van der Waals surface area contributed by atoms with Crippen molar-refractivity contribution in [2.45, 2.75) is 19.8 Å². The Balaban J connectivity index is 2.06. The molecule has 0 bridgehead atoms. The number of nitrogens with one attached hydrogen (secondary N) is 1. The Labute approximate surface area is 104 Å². The Morgan fingerprint density at radius 1 is 1.47 bits per heavy atom. The van der Waals surface area contributed by atoms with Crippen molar-refractivity contribution in [1.29, 1.82) is 0 Å². The molecule has 0 aliphatic carbocycles. The van der Waals surface area contributed by atoms with Gasteiger partial charge in [0.1, 0.15) is 0 Å². The zero-order valence-electron chi connectivity index (χ0n) is 10.8. The van der Waals surface area contributed by atoms with Gasteiger partial charge in [0.05, 0.1) is 13.2 Å². The van der Waals surface area contributed by atoms with Crippen molar-refractivity contribution >= 4 is 5.91 Å². The maximum Gasteiger partial charge on any atom is 0.222 e. The lowest BCUT2D eigenvalue weighted by atomic mass is 10.1. The molecule has 1 aliphatic rings. The van der Waals surface area contributed by atoms with E-state index >= 15 is 0 Å². The highest BCUT2D eigenvalue weighted by Crippen LogP contribution is 2.04. The predicted octanol–water partition coefficient (Wildman–Crippen LogP) is -0.190. The molecule has 17 heavy (non-hydrogen) atoms.